The molecule has 0 fully saturated rings. The van der Waals surface area contributed by atoms with Gasteiger partial charge in [0.2, 0.25) is 5.88 Å². The van der Waals surface area contributed by atoms with Crippen LogP contribution in [0.2, 0.25) is 5.02 Å². The number of hydrogen-bond donors (Lipinski definition) is 1. The number of nitrogens with one attached hydrogen (secondary N) is 1. The largest absolute Gasteiger partial charge is 0.481 e. The van der Waals surface area contributed by atoms with Gasteiger partial charge in [-0.25, -0.2) is 13.8 Å². The van der Waals surface area contributed by atoms with Gasteiger partial charge in [0.05, 0.1) is 30.1 Å². The fraction of sp³-hybridized carbons (Fsp3) is 0.154. The number of pyridine rings is 1. The Morgan fingerprint density at radius 1 is 1.32 bits per heavy atom. The molecule has 0 unspecified atom stereocenters. The zero-order valence-electron chi connectivity index (χ0n) is 10.1. The molecule has 2 rings (SSSR count). The number of benzene rings is 1. The Bertz CT molecular complexity index is 570. The van der Waals surface area contributed by atoms with E-state index in [4.69, 9.17) is 16.3 Å². The Balaban J connectivity index is 2.14. The van der Waals surface area contributed by atoms with Crippen LogP contribution in [0.25, 0.3) is 0 Å². The molecule has 0 bridgehead atoms. The topological polar surface area (TPSA) is 34.1 Å². The third-order valence-corrected chi connectivity index (χ3v) is 2.74. The van der Waals surface area contributed by atoms with Crippen molar-refractivity contribution in [1.29, 1.82) is 0 Å². The lowest BCUT2D eigenvalue weighted by atomic mass is 10.2. The minimum atomic E-state index is -0.743. The predicted octanol–water partition coefficient (Wildman–Crippen LogP) is 3.63. The Labute approximate surface area is 114 Å². The molecule has 3 nitrogen and oxygen atoms in total. The monoisotopic (exact) mass is 284 g/mol. The number of aromatic nitrogens is 1. The fourth-order valence-electron chi connectivity index (χ4n) is 1.56. The third kappa shape index (κ3) is 3.32. The van der Waals surface area contributed by atoms with E-state index in [9.17, 15) is 8.78 Å². The van der Waals surface area contributed by atoms with Crippen molar-refractivity contribution in [3.63, 3.8) is 0 Å². The van der Waals surface area contributed by atoms with Gasteiger partial charge in [0.1, 0.15) is 5.82 Å². The summed E-state index contributed by atoms with van der Waals surface area (Å²) in [4.78, 5) is 4.16. The highest BCUT2D eigenvalue weighted by Crippen LogP contribution is 2.26. The minimum absolute atomic E-state index is 0.0135. The first-order chi connectivity index (χ1) is 9.10. The quantitative estimate of drug-likeness (QED) is 0.931. The number of hydrogen-bond acceptors (Lipinski definition) is 3. The summed E-state index contributed by atoms with van der Waals surface area (Å²) in [5.74, 6) is -0.995. The first-order valence-electron chi connectivity index (χ1n) is 5.48. The second kappa shape index (κ2) is 5.84. The number of ether oxygens (including phenoxy) is 1. The average Bonchev–Trinajstić information content (AvgIpc) is 2.37. The van der Waals surface area contributed by atoms with Gasteiger partial charge in [-0.15, -0.1) is 0 Å². The van der Waals surface area contributed by atoms with Gasteiger partial charge in [-0.1, -0.05) is 17.7 Å². The standard InChI is InChI=1S/C13H11ClF2N2O/c1-19-12-4-2-3-9(18-12)7-17-13-10(14)5-8(15)6-11(13)16/h2-6,17H,7H2,1H3. The van der Waals surface area contributed by atoms with Gasteiger partial charge < -0.3 is 10.1 Å². The lowest BCUT2D eigenvalue weighted by Crippen LogP contribution is -2.05. The summed E-state index contributed by atoms with van der Waals surface area (Å²) in [6, 6.07) is 7.05. The number of nitrogens with zero attached hydrogens (tertiary/aromatic N) is 1. The smallest absolute Gasteiger partial charge is 0.213 e. The summed E-state index contributed by atoms with van der Waals surface area (Å²) in [6.45, 7) is 0.249. The van der Waals surface area contributed by atoms with Crippen LogP contribution in [0.1, 0.15) is 5.69 Å². The Morgan fingerprint density at radius 3 is 2.79 bits per heavy atom. The first-order valence-corrected chi connectivity index (χ1v) is 5.86. The zero-order chi connectivity index (χ0) is 13.8. The van der Waals surface area contributed by atoms with Gasteiger partial charge in [0, 0.05) is 12.1 Å². The molecule has 1 heterocycles. The normalized spacial score (nSPS) is 10.3. The van der Waals surface area contributed by atoms with Gasteiger partial charge in [-0.05, 0) is 12.1 Å². The predicted molar refractivity (Wildman–Crippen MR) is 69.5 cm³/mol. The number of methoxy groups -OCH3 is 1. The average molecular weight is 285 g/mol. The van der Waals surface area contributed by atoms with Crippen molar-refractivity contribution < 1.29 is 13.5 Å². The van der Waals surface area contributed by atoms with E-state index in [1.54, 1.807) is 18.2 Å². The molecule has 2 aromatic rings. The van der Waals surface area contributed by atoms with E-state index < -0.39 is 11.6 Å². The fourth-order valence-corrected chi connectivity index (χ4v) is 1.82. The molecule has 0 spiro atoms. The van der Waals surface area contributed by atoms with Crippen LogP contribution >= 0.6 is 11.6 Å². The zero-order valence-corrected chi connectivity index (χ0v) is 10.8. The maximum absolute atomic E-state index is 13.5. The second-order valence-electron chi connectivity index (χ2n) is 3.77. The Kier molecular flexibility index (Phi) is 4.16. The highest BCUT2D eigenvalue weighted by Gasteiger charge is 2.10. The number of anilines is 1. The summed E-state index contributed by atoms with van der Waals surface area (Å²) >= 11 is 5.77. The van der Waals surface area contributed by atoms with E-state index in [1.807, 2.05) is 0 Å². The summed E-state index contributed by atoms with van der Waals surface area (Å²) in [5.41, 5.74) is 0.701. The van der Waals surface area contributed by atoms with Crippen LogP contribution < -0.4 is 10.1 Å². The van der Waals surface area contributed by atoms with Crippen LogP contribution in [0, 0.1) is 11.6 Å². The molecule has 0 atom stereocenters. The molecule has 100 valence electrons. The van der Waals surface area contributed by atoms with Crippen LogP contribution in [0.3, 0.4) is 0 Å². The van der Waals surface area contributed by atoms with E-state index >= 15 is 0 Å². The lowest BCUT2D eigenvalue weighted by Gasteiger charge is -2.10. The molecule has 1 aromatic heterocycles. The van der Waals surface area contributed by atoms with Gasteiger partial charge in [0.25, 0.3) is 0 Å². The molecule has 0 amide bonds. The van der Waals surface area contributed by atoms with Crippen molar-refractivity contribution >= 4 is 17.3 Å². The van der Waals surface area contributed by atoms with E-state index in [0.717, 1.165) is 12.1 Å². The minimum Gasteiger partial charge on any atom is -0.481 e. The molecule has 0 saturated heterocycles. The number of halogens is 3. The van der Waals surface area contributed by atoms with E-state index in [-0.39, 0.29) is 17.3 Å². The van der Waals surface area contributed by atoms with E-state index in [0.29, 0.717) is 11.6 Å². The molecule has 1 N–H and O–H groups in total. The highest BCUT2D eigenvalue weighted by atomic mass is 35.5. The molecule has 0 aliphatic rings. The molecule has 6 heteroatoms. The van der Waals surface area contributed by atoms with Crippen molar-refractivity contribution in [2.75, 3.05) is 12.4 Å². The SMILES string of the molecule is COc1cccc(CNc2c(F)cc(F)cc2Cl)n1. The van der Waals surface area contributed by atoms with Gasteiger partial charge in [-0.2, -0.15) is 0 Å². The molecule has 1 aromatic carbocycles. The van der Waals surface area contributed by atoms with Gasteiger partial charge in [-0.3, -0.25) is 0 Å². The van der Waals surface area contributed by atoms with E-state index in [1.165, 1.54) is 7.11 Å². The van der Waals surface area contributed by atoms with Crippen molar-refractivity contribution in [2.24, 2.45) is 0 Å². The summed E-state index contributed by atoms with van der Waals surface area (Å²) in [5, 5.41) is 2.77. The van der Waals surface area contributed by atoms with Gasteiger partial charge >= 0.3 is 0 Å². The van der Waals surface area contributed by atoms with Crippen LogP contribution in [0.4, 0.5) is 14.5 Å². The van der Waals surface area contributed by atoms with Crippen molar-refractivity contribution in [1.82, 2.24) is 4.98 Å². The molecule has 0 aliphatic carbocycles. The van der Waals surface area contributed by atoms with E-state index in [2.05, 4.69) is 10.3 Å². The van der Waals surface area contributed by atoms with Crippen LogP contribution in [-0.4, -0.2) is 12.1 Å². The molecular formula is C13H11ClF2N2O. The van der Waals surface area contributed by atoms with Crippen molar-refractivity contribution in [3.05, 3.63) is 52.7 Å². The second-order valence-corrected chi connectivity index (χ2v) is 4.18. The van der Waals surface area contributed by atoms with Gasteiger partial charge in [0.15, 0.2) is 5.82 Å². The third-order valence-electron chi connectivity index (χ3n) is 2.44. The Hall–Kier alpha value is -1.88. The molecule has 0 aliphatic heterocycles. The number of rotatable bonds is 4. The summed E-state index contributed by atoms with van der Waals surface area (Å²) in [7, 11) is 1.51. The van der Waals surface area contributed by atoms with Crippen LogP contribution in [0.5, 0.6) is 5.88 Å². The molecule has 19 heavy (non-hydrogen) atoms. The first kappa shape index (κ1) is 13.5. The summed E-state index contributed by atoms with van der Waals surface area (Å²) in [6.07, 6.45) is 0. The Morgan fingerprint density at radius 2 is 2.11 bits per heavy atom. The molecular weight excluding hydrogens is 274 g/mol. The van der Waals surface area contributed by atoms with Crippen molar-refractivity contribution in [3.8, 4) is 5.88 Å². The maximum Gasteiger partial charge on any atom is 0.213 e. The molecule has 0 saturated carbocycles. The summed E-state index contributed by atoms with van der Waals surface area (Å²) < 4.78 is 31.4. The van der Waals surface area contributed by atoms with Crippen LogP contribution in [-0.2, 0) is 6.54 Å². The molecule has 0 radical (unpaired) electrons. The lowest BCUT2D eigenvalue weighted by molar-refractivity contribution is 0.396. The highest BCUT2D eigenvalue weighted by molar-refractivity contribution is 6.33. The maximum atomic E-state index is 13.5. The van der Waals surface area contributed by atoms with Crippen molar-refractivity contribution in [2.45, 2.75) is 6.54 Å². The van der Waals surface area contributed by atoms with Crippen LogP contribution in [0.15, 0.2) is 30.3 Å².